The van der Waals surface area contributed by atoms with Gasteiger partial charge in [0.1, 0.15) is 0 Å². The van der Waals surface area contributed by atoms with Crippen molar-refractivity contribution in [2.75, 3.05) is 19.0 Å². The number of aromatic nitrogens is 2. The third-order valence-electron chi connectivity index (χ3n) is 3.74. The zero-order valence-electron chi connectivity index (χ0n) is 14.1. The highest BCUT2D eigenvalue weighted by Crippen LogP contribution is 2.15. The molecule has 1 heterocycles. The van der Waals surface area contributed by atoms with Gasteiger partial charge in [-0.25, -0.2) is 9.97 Å². The van der Waals surface area contributed by atoms with Crippen LogP contribution < -0.4 is 10.2 Å². The minimum atomic E-state index is -0.108. The van der Waals surface area contributed by atoms with E-state index in [9.17, 15) is 4.79 Å². The average Bonchev–Trinajstić information content (AvgIpc) is 2.58. The first-order chi connectivity index (χ1) is 11.5. The van der Waals surface area contributed by atoms with Gasteiger partial charge in [-0.2, -0.15) is 0 Å². The molecule has 24 heavy (non-hydrogen) atoms. The first-order valence-corrected chi connectivity index (χ1v) is 7.82. The van der Waals surface area contributed by atoms with Gasteiger partial charge in [0.05, 0.1) is 12.2 Å². The predicted octanol–water partition coefficient (Wildman–Crippen LogP) is 2.93. The average molecular weight is 320 g/mol. The van der Waals surface area contributed by atoms with Gasteiger partial charge in [-0.3, -0.25) is 4.79 Å². The highest BCUT2D eigenvalue weighted by atomic mass is 16.1. The number of nitrogens with one attached hydrogen (secondary N) is 1. The van der Waals surface area contributed by atoms with E-state index in [2.05, 4.69) is 15.3 Å². The van der Waals surface area contributed by atoms with Gasteiger partial charge in [-0.05, 0) is 35.9 Å². The molecule has 0 fully saturated rings. The van der Waals surface area contributed by atoms with E-state index in [0.29, 0.717) is 18.1 Å². The van der Waals surface area contributed by atoms with Crippen LogP contribution in [0.25, 0.3) is 10.8 Å². The Bertz CT molecular complexity index is 889. The summed E-state index contributed by atoms with van der Waals surface area (Å²) in [6.07, 6.45) is 0. The second-order valence-electron chi connectivity index (χ2n) is 5.94. The standard InChI is InChI=1S/C19H20N4O/c1-13-10-17(22-19(21-13)23(2)3)12-20-18(24)16-9-8-14-6-4-5-7-15(14)11-16/h4-11H,12H2,1-3H3,(H,20,24). The SMILES string of the molecule is Cc1cc(CNC(=O)c2ccc3ccccc3c2)nc(N(C)C)n1. The van der Waals surface area contributed by atoms with Crippen molar-refractivity contribution in [1.29, 1.82) is 0 Å². The summed E-state index contributed by atoms with van der Waals surface area (Å²) in [6, 6.07) is 15.6. The van der Waals surface area contributed by atoms with Gasteiger partial charge < -0.3 is 10.2 Å². The fraction of sp³-hybridized carbons (Fsp3) is 0.211. The quantitative estimate of drug-likeness (QED) is 0.803. The molecule has 0 aliphatic carbocycles. The van der Waals surface area contributed by atoms with Crippen LogP contribution in [0.15, 0.2) is 48.5 Å². The van der Waals surface area contributed by atoms with E-state index in [1.54, 1.807) is 0 Å². The van der Waals surface area contributed by atoms with Crippen LogP contribution in [0.2, 0.25) is 0 Å². The molecule has 3 rings (SSSR count). The molecule has 0 radical (unpaired) electrons. The lowest BCUT2D eigenvalue weighted by molar-refractivity contribution is 0.0950. The molecule has 122 valence electrons. The van der Waals surface area contributed by atoms with E-state index >= 15 is 0 Å². The van der Waals surface area contributed by atoms with Crippen molar-refractivity contribution >= 4 is 22.6 Å². The maximum Gasteiger partial charge on any atom is 0.251 e. The minimum Gasteiger partial charge on any atom is -0.347 e. The highest BCUT2D eigenvalue weighted by molar-refractivity contribution is 5.98. The van der Waals surface area contributed by atoms with Crippen molar-refractivity contribution < 1.29 is 4.79 Å². The molecule has 0 aliphatic rings. The monoisotopic (exact) mass is 320 g/mol. The number of fused-ring (bicyclic) bond motifs is 1. The molecule has 5 nitrogen and oxygen atoms in total. The van der Waals surface area contributed by atoms with Gasteiger partial charge in [0.2, 0.25) is 5.95 Å². The van der Waals surface area contributed by atoms with Crippen LogP contribution in [0.3, 0.4) is 0 Å². The molecule has 0 aliphatic heterocycles. The van der Waals surface area contributed by atoms with Gasteiger partial charge >= 0.3 is 0 Å². The molecule has 0 spiro atoms. The molecule has 1 amide bonds. The number of nitrogens with zero attached hydrogens (tertiary/aromatic N) is 3. The molecule has 3 aromatic rings. The second-order valence-corrected chi connectivity index (χ2v) is 5.94. The summed E-state index contributed by atoms with van der Waals surface area (Å²) in [5.74, 6) is 0.536. The Labute approximate surface area is 141 Å². The lowest BCUT2D eigenvalue weighted by Crippen LogP contribution is -2.24. The minimum absolute atomic E-state index is 0.108. The van der Waals surface area contributed by atoms with E-state index in [1.807, 2.05) is 74.4 Å². The molecule has 1 aromatic heterocycles. The van der Waals surface area contributed by atoms with E-state index < -0.39 is 0 Å². The van der Waals surface area contributed by atoms with Crippen molar-refractivity contribution in [1.82, 2.24) is 15.3 Å². The van der Waals surface area contributed by atoms with Crippen LogP contribution in [0, 0.1) is 6.92 Å². The van der Waals surface area contributed by atoms with Crippen molar-refractivity contribution in [2.24, 2.45) is 0 Å². The molecule has 1 N–H and O–H groups in total. The number of carbonyl (C=O) groups excluding carboxylic acids is 1. The van der Waals surface area contributed by atoms with Gasteiger partial charge in [0, 0.05) is 25.4 Å². The van der Waals surface area contributed by atoms with E-state index in [1.165, 1.54) is 0 Å². The summed E-state index contributed by atoms with van der Waals surface area (Å²) in [5.41, 5.74) is 2.32. The normalized spacial score (nSPS) is 10.6. The number of anilines is 1. The van der Waals surface area contributed by atoms with Crippen molar-refractivity contribution in [3.05, 3.63) is 65.5 Å². The maximum atomic E-state index is 12.4. The predicted molar refractivity (Wildman–Crippen MR) is 96.2 cm³/mol. The lowest BCUT2D eigenvalue weighted by Gasteiger charge is -2.13. The van der Waals surface area contributed by atoms with Gasteiger partial charge in [-0.15, -0.1) is 0 Å². The lowest BCUT2D eigenvalue weighted by atomic mass is 10.1. The Balaban J connectivity index is 1.75. The molecule has 0 atom stereocenters. The van der Waals surface area contributed by atoms with Gasteiger partial charge in [-0.1, -0.05) is 30.3 Å². The Morgan fingerprint density at radius 1 is 1.04 bits per heavy atom. The molecule has 5 heteroatoms. The van der Waals surface area contributed by atoms with Gasteiger partial charge in [0.15, 0.2) is 0 Å². The van der Waals surface area contributed by atoms with E-state index in [-0.39, 0.29) is 5.91 Å². The summed E-state index contributed by atoms with van der Waals surface area (Å²) in [6.45, 7) is 2.29. The van der Waals surface area contributed by atoms with Crippen LogP contribution in [0.4, 0.5) is 5.95 Å². The zero-order chi connectivity index (χ0) is 17.1. The first kappa shape index (κ1) is 15.9. The summed E-state index contributed by atoms with van der Waals surface area (Å²) in [7, 11) is 3.79. The number of hydrogen-bond donors (Lipinski definition) is 1. The maximum absolute atomic E-state index is 12.4. The molecule has 0 saturated carbocycles. The number of aryl methyl sites for hydroxylation is 1. The van der Waals surface area contributed by atoms with Crippen LogP contribution in [-0.4, -0.2) is 30.0 Å². The number of amides is 1. The second kappa shape index (κ2) is 6.66. The van der Waals surface area contributed by atoms with Crippen LogP contribution in [0.5, 0.6) is 0 Å². The van der Waals surface area contributed by atoms with Crippen molar-refractivity contribution in [3.63, 3.8) is 0 Å². The first-order valence-electron chi connectivity index (χ1n) is 7.82. The molecule has 2 aromatic carbocycles. The summed E-state index contributed by atoms with van der Waals surface area (Å²) in [4.78, 5) is 23.1. The third-order valence-corrected chi connectivity index (χ3v) is 3.74. The number of carbonyl (C=O) groups is 1. The molecular formula is C19H20N4O. The number of benzene rings is 2. The topological polar surface area (TPSA) is 58.1 Å². The van der Waals surface area contributed by atoms with Crippen LogP contribution in [-0.2, 0) is 6.54 Å². The van der Waals surface area contributed by atoms with E-state index in [4.69, 9.17) is 0 Å². The molecule has 0 bridgehead atoms. The summed E-state index contributed by atoms with van der Waals surface area (Å²) < 4.78 is 0. The Kier molecular flexibility index (Phi) is 4.42. The van der Waals surface area contributed by atoms with Crippen LogP contribution in [0.1, 0.15) is 21.7 Å². The smallest absolute Gasteiger partial charge is 0.251 e. The van der Waals surface area contributed by atoms with Crippen molar-refractivity contribution in [2.45, 2.75) is 13.5 Å². The largest absolute Gasteiger partial charge is 0.347 e. The number of rotatable bonds is 4. The summed E-state index contributed by atoms with van der Waals surface area (Å²) in [5, 5.41) is 5.10. The summed E-state index contributed by atoms with van der Waals surface area (Å²) >= 11 is 0. The Morgan fingerprint density at radius 2 is 1.79 bits per heavy atom. The molecular weight excluding hydrogens is 300 g/mol. The van der Waals surface area contributed by atoms with Gasteiger partial charge in [0.25, 0.3) is 5.91 Å². The van der Waals surface area contributed by atoms with Crippen LogP contribution >= 0.6 is 0 Å². The third kappa shape index (κ3) is 3.51. The van der Waals surface area contributed by atoms with E-state index in [0.717, 1.165) is 22.2 Å². The highest BCUT2D eigenvalue weighted by Gasteiger charge is 2.08. The molecule has 0 unspecified atom stereocenters. The Hall–Kier alpha value is -2.95. The fourth-order valence-corrected chi connectivity index (χ4v) is 2.51. The fourth-order valence-electron chi connectivity index (χ4n) is 2.51. The molecule has 0 saturated heterocycles. The van der Waals surface area contributed by atoms with Crippen molar-refractivity contribution in [3.8, 4) is 0 Å². The zero-order valence-corrected chi connectivity index (χ0v) is 14.1. The Morgan fingerprint density at radius 3 is 2.54 bits per heavy atom. The number of hydrogen-bond acceptors (Lipinski definition) is 4.